The number of nitrogens with two attached hydrogens (primary N) is 1. The Balaban J connectivity index is 0.000000204. The van der Waals surface area contributed by atoms with E-state index in [-0.39, 0.29) is 46.1 Å². The SMILES string of the molecule is Cc1ccc2c(N)nc(-c3c(O)cccc3F)nc2c1.Cc1ccc2c(N3CCC(NC(=O)OC(C)(C)C)CC3)nc(-c3c(O)cccc3F)nc2c1. The smallest absolute Gasteiger partial charge is 0.407 e. The molecule has 0 spiro atoms. The molecular formula is C40H41F2N7O4. The van der Waals surface area contributed by atoms with E-state index in [1.165, 1.54) is 36.4 Å². The van der Waals surface area contributed by atoms with Crippen molar-refractivity contribution in [2.24, 2.45) is 0 Å². The van der Waals surface area contributed by atoms with Crippen LogP contribution in [0.15, 0.2) is 72.8 Å². The Kier molecular flexibility index (Phi) is 10.3. The monoisotopic (exact) mass is 721 g/mol. The van der Waals surface area contributed by atoms with Crippen LogP contribution < -0.4 is 16.0 Å². The normalized spacial score (nSPS) is 13.5. The highest BCUT2D eigenvalue weighted by molar-refractivity contribution is 5.92. The van der Waals surface area contributed by atoms with E-state index in [1.54, 1.807) is 0 Å². The van der Waals surface area contributed by atoms with Crippen LogP contribution in [0.3, 0.4) is 0 Å². The van der Waals surface area contributed by atoms with Crippen LogP contribution in [0.25, 0.3) is 44.6 Å². The second kappa shape index (κ2) is 14.9. The lowest BCUT2D eigenvalue weighted by Gasteiger charge is -2.34. The van der Waals surface area contributed by atoms with Gasteiger partial charge in [-0.2, -0.15) is 0 Å². The highest BCUT2D eigenvalue weighted by Gasteiger charge is 2.26. The minimum Gasteiger partial charge on any atom is -0.507 e. The van der Waals surface area contributed by atoms with Crippen LogP contribution in [0.5, 0.6) is 11.5 Å². The Hall–Kier alpha value is -6.11. The lowest BCUT2D eigenvalue weighted by molar-refractivity contribution is 0.0497. The summed E-state index contributed by atoms with van der Waals surface area (Å²) in [6.45, 7) is 10.7. The van der Waals surface area contributed by atoms with Gasteiger partial charge >= 0.3 is 6.09 Å². The van der Waals surface area contributed by atoms with Gasteiger partial charge in [0.2, 0.25) is 0 Å². The van der Waals surface area contributed by atoms with E-state index in [2.05, 4.69) is 30.2 Å². The van der Waals surface area contributed by atoms with E-state index in [1.807, 2.05) is 71.0 Å². The third kappa shape index (κ3) is 8.35. The molecule has 0 unspecified atom stereocenters. The number of hydrogen-bond donors (Lipinski definition) is 4. The van der Waals surface area contributed by atoms with Gasteiger partial charge < -0.3 is 30.9 Å². The molecule has 4 aromatic carbocycles. The molecule has 7 rings (SSSR count). The highest BCUT2D eigenvalue weighted by Crippen LogP contribution is 2.35. The van der Waals surface area contributed by atoms with Crippen LogP contribution in [0.2, 0.25) is 0 Å². The fraction of sp³-hybridized carbons (Fsp3) is 0.275. The van der Waals surface area contributed by atoms with Crippen molar-refractivity contribution in [2.45, 2.75) is 59.1 Å². The predicted molar refractivity (Wildman–Crippen MR) is 202 cm³/mol. The number of aromatic hydroxyl groups is 2. The number of benzene rings is 4. The number of piperidine rings is 1. The highest BCUT2D eigenvalue weighted by atomic mass is 19.1. The van der Waals surface area contributed by atoms with Crippen LogP contribution in [-0.2, 0) is 4.74 Å². The number of phenolic OH excluding ortho intramolecular Hbond substituents is 2. The van der Waals surface area contributed by atoms with E-state index < -0.39 is 23.3 Å². The van der Waals surface area contributed by atoms with Crippen molar-refractivity contribution >= 4 is 39.5 Å². The molecule has 1 aliphatic heterocycles. The first-order valence-electron chi connectivity index (χ1n) is 17.2. The second-order valence-corrected chi connectivity index (χ2v) is 14.0. The molecule has 3 heterocycles. The first-order valence-corrected chi connectivity index (χ1v) is 17.2. The Labute approximate surface area is 305 Å². The summed E-state index contributed by atoms with van der Waals surface area (Å²) in [6.07, 6.45) is 1.02. The van der Waals surface area contributed by atoms with Gasteiger partial charge in [-0.15, -0.1) is 0 Å². The van der Waals surface area contributed by atoms with Crippen molar-refractivity contribution < 1.29 is 28.5 Å². The average molecular weight is 722 g/mol. The van der Waals surface area contributed by atoms with E-state index in [9.17, 15) is 23.8 Å². The molecule has 11 nitrogen and oxygen atoms in total. The van der Waals surface area contributed by atoms with Gasteiger partial charge in [-0.25, -0.2) is 33.5 Å². The molecule has 1 saturated heterocycles. The molecule has 0 aliphatic carbocycles. The zero-order valence-corrected chi connectivity index (χ0v) is 30.1. The summed E-state index contributed by atoms with van der Waals surface area (Å²) in [7, 11) is 0. The first kappa shape index (κ1) is 36.7. The van der Waals surface area contributed by atoms with Gasteiger partial charge in [-0.1, -0.05) is 24.3 Å². The first-order chi connectivity index (χ1) is 25.2. The van der Waals surface area contributed by atoms with Crippen LogP contribution in [0, 0.1) is 25.5 Å². The molecule has 53 heavy (non-hydrogen) atoms. The van der Waals surface area contributed by atoms with Crippen LogP contribution in [-0.4, -0.2) is 61.0 Å². The summed E-state index contributed by atoms with van der Waals surface area (Å²) in [4.78, 5) is 31.9. The lowest BCUT2D eigenvalue weighted by Crippen LogP contribution is -2.46. The summed E-state index contributed by atoms with van der Waals surface area (Å²) in [5.74, 6) is -0.404. The number of alkyl carbamates (subject to hydrolysis) is 1. The summed E-state index contributed by atoms with van der Waals surface area (Å²) < 4.78 is 33.8. The number of aromatic nitrogens is 4. The Morgan fingerprint density at radius 1 is 0.792 bits per heavy atom. The average Bonchev–Trinajstić information content (AvgIpc) is 3.07. The minimum absolute atomic E-state index is 0.00142. The van der Waals surface area contributed by atoms with E-state index in [4.69, 9.17) is 10.5 Å². The molecule has 0 saturated carbocycles. The maximum absolute atomic E-state index is 14.6. The third-order valence-corrected chi connectivity index (χ3v) is 8.66. The lowest BCUT2D eigenvalue weighted by atomic mass is 10.0. The van der Waals surface area contributed by atoms with Crippen molar-refractivity contribution in [2.75, 3.05) is 23.7 Å². The summed E-state index contributed by atoms with van der Waals surface area (Å²) in [5, 5.41) is 24.6. The number of nitrogens with one attached hydrogen (secondary N) is 1. The van der Waals surface area contributed by atoms with E-state index in [0.717, 1.165) is 29.4 Å². The van der Waals surface area contributed by atoms with Gasteiger partial charge in [0.05, 0.1) is 22.2 Å². The number of carbonyl (C=O) groups is 1. The Morgan fingerprint density at radius 2 is 1.30 bits per heavy atom. The fourth-order valence-electron chi connectivity index (χ4n) is 6.13. The number of amides is 1. The van der Waals surface area contributed by atoms with Gasteiger partial charge in [0.1, 0.15) is 40.4 Å². The number of nitrogen functional groups attached to an aromatic ring is 1. The number of carbonyl (C=O) groups excluding carboxylic acids is 1. The number of phenols is 2. The van der Waals surface area contributed by atoms with Gasteiger partial charge in [-0.3, -0.25) is 0 Å². The van der Waals surface area contributed by atoms with Crippen molar-refractivity contribution in [3.8, 4) is 34.3 Å². The molecule has 0 radical (unpaired) electrons. The standard InChI is InChI=1S/C25H29FN4O3.C15H12FN3O/c1-15-8-9-17-19(14-15)28-22(21-18(26)6-5-7-20(21)31)29-23(17)30-12-10-16(11-13-30)27-24(32)33-25(2,3)4;1-8-5-6-9-11(7-8)18-15(19-14(9)17)13-10(16)3-2-4-12(13)20/h5-9,14,16,31H,10-13H2,1-4H3,(H,27,32);2-7,20H,1H3,(H2,17,18,19). The topological polar surface area (TPSA) is 160 Å². The Bertz CT molecular complexity index is 2280. The summed E-state index contributed by atoms with van der Waals surface area (Å²) in [5.41, 5.74) is 8.64. The predicted octanol–water partition coefficient (Wildman–Crippen LogP) is 7.98. The number of nitrogens with zero attached hydrogens (tertiary/aromatic N) is 5. The molecular weight excluding hydrogens is 680 g/mol. The van der Waals surface area contributed by atoms with Crippen LogP contribution in [0.1, 0.15) is 44.7 Å². The van der Waals surface area contributed by atoms with E-state index in [0.29, 0.717) is 35.3 Å². The molecule has 1 amide bonds. The molecule has 0 atom stereocenters. The summed E-state index contributed by atoms with van der Waals surface area (Å²) in [6, 6.07) is 19.7. The van der Waals surface area contributed by atoms with Crippen LogP contribution >= 0.6 is 0 Å². The van der Waals surface area contributed by atoms with Gasteiger partial charge in [-0.05, 0) is 107 Å². The minimum atomic E-state index is -0.587. The quantitative estimate of drug-likeness (QED) is 0.141. The molecule has 5 N–H and O–H groups in total. The zero-order valence-electron chi connectivity index (χ0n) is 30.1. The third-order valence-electron chi connectivity index (χ3n) is 8.66. The molecule has 2 aromatic heterocycles. The van der Waals surface area contributed by atoms with Crippen molar-refractivity contribution in [3.05, 3.63) is 95.6 Å². The second-order valence-electron chi connectivity index (χ2n) is 14.0. The maximum Gasteiger partial charge on any atom is 0.407 e. The van der Waals surface area contributed by atoms with Crippen LogP contribution in [0.4, 0.5) is 25.2 Å². The van der Waals surface area contributed by atoms with Crippen molar-refractivity contribution in [3.63, 3.8) is 0 Å². The molecule has 0 bridgehead atoms. The number of anilines is 2. The summed E-state index contributed by atoms with van der Waals surface area (Å²) >= 11 is 0. The fourth-order valence-corrected chi connectivity index (χ4v) is 6.13. The molecule has 13 heteroatoms. The largest absolute Gasteiger partial charge is 0.507 e. The van der Waals surface area contributed by atoms with E-state index >= 15 is 0 Å². The maximum atomic E-state index is 14.6. The molecule has 274 valence electrons. The number of fused-ring (bicyclic) bond motifs is 2. The van der Waals surface area contributed by atoms with Gasteiger partial charge in [0.15, 0.2) is 11.6 Å². The number of ether oxygens (including phenoxy) is 1. The zero-order chi connectivity index (χ0) is 38.0. The van der Waals surface area contributed by atoms with Crippen molar-refractivity contribution in [1.82, 2.24) is 25.3 Å². The number of aryl methyl sites for hydroxylation is 2. The number of hydrogen-bond acceptors (Lipinski definition) is 10. The Morgan fingerprint density at radius 3 is 1.83 bits per heavy atom. The molecule has 1 aliphatic rings. The van der Waals surface area contributed by atoms with Gasteiger partial charge in [0, 0.05) is 29.9 Å². The number of rotatable bonds is 4. The molecule has 6 aromatic rings. The molecule has 1 fully saturated rings. The van der Waals surface area contributed by atoms with Crippen molar-refractivity contribution in [1.29, 1.82) is 0 Å². The van der Waals surface area contributed by atoms with Gasteiger partial charge in [0.25, 0.3) is 0 Å². The number of halogens is 2.